The minimum atomic E-state index is -0.613. The Kier molecular flexibility index (Phi) is 6.62. The highest BCUT2D eigenvalue weighted by atomic mass is 19.1. The third-order valence-electron chi connectivity index (χ3n) is 5.96. The minimum absolute atomic E-state index is 0.000167. The van der Waals surface area contributed by atoms with Crippen molar-refractivity contribution in [3.8, 4) is 0 Å². The second-order valence-electron chi connectivity index (χ2n) is 8.74. The van der Waals surface area contributed by atoms with Crippen LogP contribution in [0.1, 0.15) is 61.6 Å². The summed E-state index contributed by atoms with van der Waals surface area (Å²) in [4.78, 5) is 31.2. The van der Waals surface area contributed by atoms with E-state index in [4.69, 9.17) is 5.73 Å². The molecule has 2 atom stereocenters. The number of nitrogens with zero attached hydrogens (tertiary/aromatic N) is 2. The molecular weight excluding hydrogens is 414 g/mol. The summed E-state index contributed by atoms with van der Waals surface area (Å²) in [5.41, 5.74) is 6.57. The molecular formula is C24H28F2N4O2. The number of hydrogen-bond donors (Lipinski definition) is 2. The van der Waals surface area contributed by atoms with Crippen LogP contribution in [0.25, 0.3) is 0 Å². The molecule has 6 nitrogen and oxygen atoms in total. The zero-order chi connectivity index (χ0) is 23.6. The number of nitrogens with two attached hydrogens (primary N) is 1. The second kappa shape index (κ2) is 9.06. The first-order valence-corrected chi connectivity index (χ1v) is 10.5. The van der Waals surface area contributed by atoms with Gasteiger partial charge in [0.2, 0.25) is 5.91 Å². The van der Waals surface area contributed by atoms with E-state index in [2.05, 4.69) is 10.3 Å². The number of halogens is 2. The fraction of sp³-hybridized carbons (Fsp3) is 0.375. The summed E-state index contributed by atoms with van der Waals surface area (Å²) < 4.78 is 27.7. The summed E-state index contributed by atoms with van der Waals surface area (Å²) in [6, 6.07) is 9.29. The third-order valence-corrected chi connectivity index (χ3v) is 5.96. The normalized spacial score (nSPS) is 19.7. The zero-order valence-corrected chi connectivity index (χ0v) is 18.7. The summed E-state index contributed by atoms with van der Waals surface area (Å²) >= 11 is 0. The Bertz CT molecular complexity index is 1070. The topological polar surface area (TPSA) is 87.8 Å². The van der Waals surface area contributed by atoms with Crippen molar-refractivity contribution in [2.45, 2.75) is 52.2 Å². The van der Waals surface area contributed by atoms with Gasteiger partial charge in [-0.05, 0) is 61.2 Å². The first kappa shape index (κ1) is 23.4. The monoisotopic (exact) mass is 442 g/mol. The Morgan fingerprint density at radius 1 is 1.19 bits per heavy atom. The number of guanidine groups is 1. The Morgan fingerprint density at radius 2 is 1.91 bits per heavy atom. The van der Waals surface area contributed by atoms with E-state index < -0.39 is 29.1 Å². The number of benzene rings is 2. The molecule has 3 N–H and O–H groups in total. The van der Waals surface area contributed by atoms with Crippen molar-refractivity contribution < 1.29 is 18.4 Å². The van der Waals surface area contributed by atoms with Crippen molar-refractivity contribution in [2.24, 2.45) is 16.6 Å². The predicted molar refractivity (Wildman–Crippen MR) is 119 cm³/mol. The smallest absolute Gasteiger partial charge is 0.251 e. The highest BCUT2D eigenvalue weighted by molar-refractivity contribution is 5.99. The Morgan fingerprint density at radius 3 is 2.53 bits per heavy atom. The van der Waals surface area contributed by atoms with E-state index in [9.17, 15) is 18.4 Å². The van der Waals surface area contributed by atoms with Gasteiger partial charge in [0, 0.05) is 5.56 Å². The first-order valence-electron chi connectivity index (χ1n) is 10.5. The fourth-order valence-corrected chi connectivity index (χ4v) is 3.59. The molecule has 0 spiro atoms. The molecule has 3 rings (SSSR count). The quantitative estimate of drug-likeness (QED) is 0.711. The van der Waals surface area contributed by atoms with Crippen LogP contribution in [-0.2, 0) is 11.3 Å². The van der Waals surface area contributed by atoms with Crippen molar-refractivity contribution in [2.75, 3.05) is 0 Å². The molecule has 32 heavy (non-hydrogen) atoms. The maximum Gasteiger partial charge on any atom is 0.251 e. The van der Waals surface area contributed by atoms with Gasteiger partial charge in [0.15, 0.2) is 5.96 Å². The maximum absolute atomic E-state index is 14.3. The van der Waals surface area contributed by atoms with Crippen molar-refractivity contribution >= 4 is 17.8 Å². The zero-order valence-electron chi connectivity index (χ0n) is 18.7. The first-order chi connectivity index (χ1) is 15.0. The Balaban J connectivity index is 1.79. The van der Waals surface area contributed by atoms with Crippen LogP contribution in [-0.4, -0.2) is 28.2 Å². The second-order valence-corrected chi connectivity index (χ2v) is 8.74. The van der Waals surface area contributed by atoms with Crippen LogP contribution >= 0.6 is 0 Å². The number of carbonyl (C=O) groups is 2. The molecule has 1 aliphatic rings. The van der Waals surface area contributed by atoms with Crippen molar-refractivity contribution in [1.29, 1.82) is 0 Å². The lowest BCUT2D eigenvalue weighted by molar-refractivity contribution is -0.130. The van der Waals surface area contributed by atoms with Gasteiger partial charge in [-0.15, -0.1) is 0 Å². The van der Waals surface area contributed by atoms with E-state index in [1.54, 1.807) is 19.1 Å². The lowest BCUT2D eigenvalue weighted by atomic mass is 9.84. The maximum atomic E-state index is 14.3. The molecule has 8 heteroatoms. The van der Waals surface area contributed by atoms with Crippen LogP contribution in [0.15, 0.2) is 47.5 Å². The molecule has 1 heterocycles. The number of hydrogen-bond acceptors (Lipinski definition) is 4. The van der Waals surface area contributed by atoms with Gasteiger partial charge in [0.25, 0.3) is 5.91 Å². The van der Waals surface area contributed by atoms with Gasteiger partial charge in [0.05, 0.1) is 24.5 Å². The van der Waals surface area contributed by atoms with Gasteiger partial charge in [0.1, 0.15) is 11.6 Å². The van der Waals surface area contributed by atoms with E-state index in [1.165, 1.54) is 29.2 Å². The number of nitrogens with one attached hydrogen (secondary N) is 1. The molecule has 0 bridgehead atoms. The average molecular weight is 443 g/mol. The van der Waals surface area contributed by atoms with Crippen molar-refractivity contribution in [3.63, 3.8) is 0 Å². The van der Waals surface area contributed by atoms with E-state index in [1.807, 2.05) is 20.8 Å². The summed E-state index contributed by atoms with van der Waals surface area (Å²) in [6.45, 7) is 7.54. The van der Waals surface area contributed by atoms with Crippen molar-refractivity contribution in [3.05, 3.63) is 70.8 Å². The highest BCUT2D eigenvalue weighted by Crippen LogP contribution is 2.30. The van der Waals surface area contributed by atoms with Gasteiger partial charge < -0.3 is 11.1 Å². The molecule has 2 amide bonds. The standard InChI is InChI=1S/C24H28F2N4O2/c1-14(2)24(4)12-21(31)30(23(27)29-24)13-16-8-18(11-20(26)9-16)22(32)28-15(3)17-6-5-7-19(25)10-17/h5-11,14-15H,12-13H2,1-4H3,(H2,27,29)(H,28,32). The summed E-state index contributed by atoms with van der Waals surface area (Å²) in [6.07, 6.45) is 0.194. The molecule has 2 aromatic carbocycles. The SMILES string of the molecule is CC(NC(=O)c1cc(F)cc(CN2C(=O)CC(C)(C(C)C)N=C2N)c1)c1cccc(F)c1. The largest absolute Gasteiger partial charge is 0.369 e. The van der Waals surface area contributed by atoms with Gasteiger partial charge in [-0.25, -0.2) is 13.8 Å². The molecule has 1 aliphatic heterocycles. The molecule has 2 aromatic rings. The van der Waals surface area contributed by atoms with Crippen LogP contribution < -0.4 is 11.1 Å². The number of carbonyl (C=O) groups excluding carboxylic acids is 2. The van der Waals surface area contributed by atoms with Crippen molar-refractivity contribution in [1.82, 2.24) is 10.2 Å². The number of amides is 2. The highest BCUT2D eigenvalue weighted by Gasteiger charge is 2.38. The predicted octanol–water partition coefficient (Wildman–Crippen LogP) is 3.92. The molecule has 170 valence electrons. The van der Waals surface area contributed by atoms with Crippen LogP contribution in [0.4, 0.5) is 8.78 Å². The molecule has 0 saturated carbocycles. The lowest BCUT2D eigenvalue weighted by Crippen LogP contribution is -2.51. The van der Waals surface area contributed by atoms with Crippen LogP contribution in [0.5, 0.6) is 0 Å². The third kappa shape index (κ3) is 5.12. The Hall–Kier alpha value is -3.29. The summed E-state index contributed by atoms with van der Waals surface area (Å²) in [5, 5.41) is 2.74. The van der Waals surface area contributed by atoms with E-state index >= 15 is 0 Å². The average Bonchev–Trinajstić information content (AvgIpc) is 2.70. The molecule has 0 fully saturated rings. The van der Waals surface area contributed by atoms with Crippen LogP contribution in [0.2, 0.25) is 0 Å². The van der Waals surface area contributed by atoms with E-state index in [-0.39, 0.29) is 36.3 Å². The molecule has 0 aromatic heterocycles. The lowest BCUT2D eigenvalue weighted by Gasteiger charge is -2.37. The van der Waals surface area contributed by atoms with Gasteiger partial charge >= 0.3 is 0 Å². The molecule has 0 radical (unpaired) electrons. The Labute approximate surface area is 186 Å². The van der Waals surface area contributed by atoms with Gasteiger partial charge in [-0.1, -0.05) is 26.0 Å². The summed E-state index contributed by atoms with van der Waals surface area (Å²) in [5.74, 6) is -1.54. The molecule has 2 unspecified atom stereocenters. The molecule has 0 saturated heterocycles. The minimum Gasteiger partial charge on any atom is -0.369 e. The molecule has 0 aliphatic carbocycles. The number of aliphatic imine (C=N–C) groups is 1. The van der Waals surface area contributed by atoms with E-state index in [0.717, 1.165) is 6.07 Å². The van der Waals surface area contributed by atoms with Gasteiger partial charge in [-0.3, -0.25) is 14.5 Å². The fourth-order valence-electron chi connectivity index (χ4n) is 3.59. The van der Waals surface area contributed by atoms with Gasteiger partial charge in [-0.2, -0.15) is 0 Å². The van der Waals surface area contributed by atoms with E-state index in [0.29, 0.717) is 11.1 Å². The van der Waals surface area contributed by atoms with Crippen LogP contribution in [0.3, 0.4) is 0 Å². The number of rotatable bonds is 6. The van der Waals surface area contributed by atoms with Crippen LogP contribution in [0, 0.1) is 17.6 Å². The summed E-state index contributed by atoms with van der Waals surface area (Å²) in [7, 11) is 0.